The molecule has 7 atom stereocenters. The molecular weight excluding hydrogens is 636 g/mol. The molecule has 13 nitrogen and oxygen atoms in total. The fourth-order valence-corrected chi connectivity index (χ4v) is 6.42. The average molecular weight is 699 g/mol. The number of nitrogens with one attached hydrogen (secondary N) is 5. The van der Waals surface area contributed by atoms with Crippen molar-refractivity contribution < 1.29 is 33.9 Å². The number of hydrogen-bond donors (Lipinski definition) is 6. The Morgan fingerprint density at radius 2 is 1.50 bits per heavy atom. The molecule has 0 aromatic rings. The average Bonchev–Trinajstić information content (AvgIpc) is 3.29. The molecule has 1 fully saturated rings. The molecule has 6 N–H and O–H groups in total. The largest absolute Gasteiger partial charge is 0.391 e. The summed E-state index contributed by atoms with van der Waals surface area (Å²) in [5.41, 5.74) is 0. The van der Waals surface area contributed by atoms with E-state index in [2.05, 4.69) is 26.6 Å². The van der Waals surface area contributed by atoms with Gasteiger partial charge in [0, 0.05) is 32.9 Å². The van der Waals surface area contributed by atoms with Crippen LogP contribution in [0.3, 0.4) is 0 Å². The maximum absolute atomic E-state index is 13.8. The summed E-state index contributed by atoms with van der Waals surface area (Å²) in [5, 5.41) is 25.9. The number of unbranched alkanes of at least 4 members (excludes halogenated alkanes) is 1. The van der Waals surface area contributed by atoms with Crippen LogP contribution in [0.4, 0.5) is 0 Å². The number of likely N-dealkylation sites (N-methyl/N-ethyl adjacent to an activating group) is 1. The zero-order valence-corrected chi connectivity index (χ0v) is 31.5. The van der Waals surface area contributed by atoms with Gasteiger partial charge in [0.15, 0.2) is 0 Å². The Hall–Kier alpha value is -2.87. The molecule has 0 saturated carbocycles. The number of carbonyl (C=O) groups is 6. The van der Waals surface area contributed by atoms with E-state index in [0.29, 0.717) is 31.6 Å². The first kappa shape index (κ1) is 43.2. The maximum atomic E-state index is 13.8. The fourth-order valence-electron chi connectivity index (χ4n) is 5.95. The molecule has 0 aliphatic carbocycles. The van der Waals surface area contributed by atoms with E-state index in [4.69, 9.17) is 0 Å². The third-order valence-corrected chi connectivity index (χ3v) is 9.16. The lowest BCUT2D eigenvalue weighted by atomic mass is 9.85. The van der Waals surface area contributed by atoms with Crippen molar-refractivity contribution in [1.29, 1.82) is 0 Å². The molecule has 0 bridgehead atoms. The number of nitrogens with zero attached hydrogens (tertiary/aromatic N) is 1. The maximum Gasteiger partial charge on any atom is 0.243 e. The third kappa shape index (κ3) is 13.9. The van der Waals surface area contributed by atoms with Crippen LogP contribution in [0.2, 0.25) is 0 Å². The van der Waals surface area contributed by atoms with Crippen LogP contribution in [0.5, 0.6) is 0 Å². The van der Waals surface area contributed by atoms with Crippen molar-refractivity contribution in [2.75, 3.05) is 25.6 Å². The summed E-state index contributed by atoms with van der Waals surface area (Å²) in [6, 6.07) is -4.50. The van der Waals surface area contributed by atoms with E-state index in [1.165, 1.54) is 30.6 Å². The lowest BCUT2D eigenvalue weighted by molar-refractivity contribution is -0.137. The highest BCUT2D eigenvalue weighted by molar-refractivity contribution is 7.98. The minimum atomic E-state index is -1.29. The van der Waals surface area contributed by atoms with E-state index in [1.54, 1.807) is 0 Å². The van der Waals surface area contributed by atoms with Gasteiger partial charge in [-0.15, -0.1) is 0 Å². The van der Waals surface area contributed by atoms with Crippen molar-refractivity contribution in [2.24, 2.45) is 23.7 Å². The number of likely N-dealkylation sites (tertiary alicyclic amines) is 1. The summed E-state index contributed by atoms with van der Waals surface area (Å²) in [7, 11) is 1.50. The Bertz CT molecular complexity index is 1090. The lowest BCUT2D eigenvalue weighted by Crippen LogP contribution is -2.59. The van der Waals surface area contributed by atoms with Crippen molar-refractivity contribution in [3.63, 3.8) is 0 Å². The smallest absolute Gasteiger partial charge is 0.243 e. The van der Waals surface area contributed by atoms with Gasteiger partial charge >= 0.3 is 0 Å². The van der Waals surface area contributed by atoms with Crippen molar-refractivity contribution in [3.05, 3.63) is 0 Å². The molecule has 1 rings (SSSR count). The Morgan fingerprint density at radius 3 is 2.02 bits per heavy atom. The number of carbonyl (C=O) groups excluding carboxylic acids is 6. The second kappa shape index (κ2) is 21.3. The predicted octanol–water partition coefficient (Wildman–Crippen LogP) is 1.57. The second-order valence-electron chi connectivity index (χ2n) is 14.2. The monoisotopic (exact) mass is 698 g/mol. The Kier molecular flexibility index (Phi) is 19.1. The van der Waals surface area contributed by atoms with Crippen molar-refractivity contribution in [2.45, 2.75) is 130 Å². The van der Waals surface area contributed by atoms with E-state index in [-0.39, 0.29) is 41.9 Å². The molecule has 0 unspecified atom stereocenters. The van der Waals surface area contributed by atoms with Crippen molar-refractivity contribution in [1.82, 2.24) is 31.5 Å². The highest BCUT2D eigenvalue weighted by atomic mass is 32.2. The molecule has 0 radical (unpaired) electrons. The summed E-state index contributed by atoms with van der Waals surface area (Å²) >= 11 is 1.51. The summed E-state index contributed by atoms with van der Waals surface area (Å²) in [6.07, 6.45) is 3.23. The van der Waals surface area contributed by atoms with Gasteiger partial charge < -0.3 is 36.6 Å². The van der Waals surface area contributed by atoms with Gasteiger partial charge in [0.25, 0.3) is 0 Å². The van der Waals surface area contributed by atoms with Gasteiger partial charge in [-0.3, -0.25) is 28.8 Å². The number of thioether (sulfide) groups is 1. The van der Waals surface area contributed by atoms with Gasteiger partial charge in [-0.25, -0.2) is 0 Å². The van der Waals surface area contributed by atoms with Crippen LogP contribution >= 0.6 is 11.8 Å². The van der Waals surface area contributed by atoms with E-state index >= 15 is 0 Å². The number of aliphatic hydroxyl groups is 1. The first-order valence-electron chi connectivity index (χ1n) is 17.3. The molecule has 0 spiro atoms. The molecule has 1 aliphatic rings. The van der Waals surface area contributed by atoms with Gasteiger partial charge in [0.05, 0.1) is 12.1 Å². The molecule has 6 amide bonds. The minimum Gasteiger partial charge on any atom is -0.391 e. The highest BCUT2D eigenvalue weighted by Gasteiger charge is 2.48. The van der Waals surface area contributed by atoms with Gasteiger partial charge in [0.1, 0.15) is 24.2 Å². The molecule has 276 valence electrons. The first-order chi connectivity index (χ1) is 22.4. The van der Waals surface area contributed by atoms with Crippen LogP contribution in [0.15, 0.2) is 0 Å². The van der Waals surface area contributed by atoms with E-state index in [0.717, 1.165) is 12.8 Å². The lowest BCUT2D eigenvalue weighted by Gasteiger charge is -2.34. The van der Waals surface area contributed by atoms with E-state index < -0.39 is 60.0 Å². The summed E-state index contributed by atoms with van der Waals surface area (Å²) in [6.45, 7) is 15.2. The third-order valence-electron chi connectivity index (χ3n) is 8.52. The van der Waals surface area contributed by atoms with Crippen LogP contribution in [0.25, 0.3) is 0 Å². The van der Waals surface area contributed by atoms with Crippen molar-refractivity contribution in [3.8, 4) is 0 Å². The molecule has 14 heteroatoms. The number of hydrogen-bond acceptors (Lipinski definition) is 8. The van der Waals surface area contributed by atoms with Crippen LogP contribution in [-0.2, 0) is 28.8 Å². The zero-order chi connectivity index (χ0) is 36.7. The van der Waals surface area contributed by atoms with Crippen LogP contribution in [-0.4, -0.2) is 107 Å². The van der Waals surface area contributed by atoms with Crippen LogP contribution < -0.4 is 26.6 Å². The number of aliphatic hydroxyl groups excluding tert-OH is 1. The van der Waals surface area contributed by atoms with Gasteiger partial charge in [-0.05, 0) is 55.4 Å². The molecule has 0 aromatic carbocycles. The quantitative estimate of drug-likeness (QED) is 0.0976. The van der Waals surface area contributed by atoms with E-state index in [1.807, 2.05) is 54.7 Å². The molecule has 0 aromatic heterocycles. The zero-order valence-electron chi connectivity index (χ0n) is 30.7. The predicted molar refractivity (Wildman–Crippen MR) is 189 cm³/mol. The van der Waals surface area contributed by atoms with Gasteiger partial charge in [-0.1, -0.05) is 54.9 Å². The molecular formula is C34H62N6O7S. The standard InChI is InChI=1S/C34H62N6O7S/c1-11-12-14-35-33(46)28(21(6)7)39-34(47)29-23(18-27(42)40(29)9)30(43)25(16-19(2)3)38-31(44)24(13-15-48-10)37-32(45)26(17-20(4)5)36-22(8)41/h19-21,23-26,28-30,43H,11-18H2,1-10H3,(H,35,46)(H,36,41)(H,37,45)(H,38,44)(H,39,47)/t23-,24-,25-,26-,28-,29-,30-/m0/s1. The van der Waals surface area contributed by atoms with Gasteiger partial charge in [-0.2, -0.15) is 11.8 Å². The Balaban J connectivity index is 3.29. The van der Waals surface area contributed by atoms with Crippen LogP contribution in [0.1, 0.15) is 93.9 Å². The second-order valence-corrected chi connectivity index (χ2v) is 15.1. The van der Waals surface area contributed by atoms with Crippen LogP contribution in [0, 0.1) is 23.7 Å². The summed E-state index contributed by atoms with van der Waals surface area (Å²) in [5.74, 6) is -2.91. The number of rotatable bonds is 21. The Morgan fingerprint density at radius 1 is 0.896 bits per heavy atom. The topological polar surface area (TPSA) is 186 Å². The first-order valence-corrected chi connectivity index (χ1v) is 18.7. The summed E-state index contributed by atoms with van der Waals surface area (Å²) in [4.78, 5) is 79.8. The normalized spacial score (nSPS) is 19.5. The summed E-state index contributed by atoms with van der Waals surface area (Å²) < 4.78 is 0. The van der Waals surface area contributed by atoms with Gasteiger partial charge in [0.2, 0.25) is 35.4 Å². The number of amides is 6. The molecule has 1 heterocycles. The Labute approximate surface area is 291 Å². The van der Waals surface area contributed by atoms with Crippen molar-refractivity contribution >= 4 is 47.2 Å². The molecule has 48 heavy (non-hydrogen) atoms. The fraction of sp³-hybridized carbons (Fsp3) is 0.824. The van der Waals surface area contributed by atoms with E-state index in [9.17, 15) is 33.9 Å². The molecule has 1 aliphatic heterocycles. The SMILES string of the molecule is CCCCNC(=O)[C@@H](NC(=O)[C@@H]1[C@@H]([C@H](O)[C@H](CC(C)C)NC(=O)[C@H](CCSC)NC(=O)[C@H](CC(C)C)NC(C)=O)CC(=O)N1C)C(C)C. The highest BCUT2D eigenvalue weighted by Crippen LogP contribution is 2.31. The molecule has 1 saturated heterocycles. The minimum absolute atomic E-state index is 0.0265.